The van der Waals surface area contributed by atoms with Gasteiger partial charge in [0.2, 0.25) is 0 Å². The van der Waals surface area contributed by atoms with E-state index in [1.54, 1.807) is 0 Å². The highest BCUT2D eigenvalue weighted by atomic mass is 32.1. The lowest BCUT2D eigenvalue weighted by molar-refractivity contribution is 0.0890. The molecule has 0 bridgehead atoms. The third-order valence-corrected chi connectivity index (χ3v) is 4.37. The predicted molar refractivity (Wildman–Crippen MR) is 84.9 cm³/mol. The first kappa shape index (κ1) is 14.9. The first-order valence-corrected chi connectivity index (χ1v) is 7.21. The Kier molecular flexibility index (Phi) is 4.40. The van der Waals surface area contributed by atoms with Gasteiger partial charge in [0.15, 0.2) is 0 Å². The molecule has 4 nitrogen and oxygen atoms in total. The molecule has 5 heteroatoms. The van der Waals surface area contributed by atoms with Gasteiger partial charge in [-0.15, -0.1) is 0 Å². The Labute approximate surface area is 125 Å². The van der Waals surface area contributed by atoms with Gasteiger partial charge >= 0.3 is 0 Å². The third-order valence-electron chi connectivity index (χ3n) is 3.98. The largest absolute Gasteiger partial charge is 0.391 e. The molecule has 0 saturated carbocycles. The monoisotopic (exact) mass is 291 g/mol. The number of nitrogens with two attached hydrogens (primary N) is 1. The number of piperidine rings is 1. The Hall–Kier alpha value is -1.46. The summed E-state index contributed by atoms with van der Waals surface area (Å²) < 4.78 is 0. The molecule has 1 aliphatic rings. The average Bonchev–Trinajstić information content (AvgIpc) is 2.42. The van der Waals surface area contributed by atoms with Crippen LogP contribution in [0, 0.1) is 6.92 Å². The maximum atomic E-state index is 12.4. The SMILES string of the molecule is Cc1ccc(C(=O)NC2(C(N)=S)CCN(C)CC2)cc1. The number of nitrogens with zero attached hydrogens (tertiary/aromatic N) is 1. The molecule has 0 aromatic heterocycles. The average molecular weight is 291 g/mol. The molecule has 0 atom stereocenters. The van der Waals surface area contributed by atoms with Crippen LogP contribution in [0.5, 0.6) is 0 Å². The summed E-state index contributed by atoms with van der Waals surface area (Å²) in [5.74, 6) is -0.109. The molecule has 3 N–H and O–H groups in total. The fourth-order valence-electron chi connectivity index (χ4n) is 2.43. The Bertz CT molecular complexity index is 504. The maximum absolute atomic E-state index is 12.4. The molecule has 1 heterocycles. The minimum absolute atomic E-state index is 0.109. The second kappa shape index (κ2) is 5.89. The molecule has 0 radical (unpaired) electrons. The number of rotatable bonds is 3. The van der Waals surface area contributed by atoms with Crippen molar-refractivity contribution in [1.29, 1.82) is 0 Å². The number of carbonyl (C=O) groups is 1. The summed E-state index contributed by atoms with van der Waals surface area (Å²) in [7, 11) is 2.06. The number of thiocarbonyl (C=S) groups is 1. The molecular formula is C15H21N3OS. The lowest BCUT2D eigenvalue weighted by Gasteiger charge is -2.40. The molecule has 1 saturated heterocycles. The number of amides is 1. The van der Waals surface area contributed by atoms with Gasteiger partial charge in [-0.2, -0.15) is 0 Å². The molecular weight excluding hydrogens is 270 g/mol. The second-order valence-corrected chi connectivity index (χ2v) is 6.01. The fourth-order valence-corrected chi connectivity index (χ4v) is 2.68. The third kappa shape index (κ3) is 3.16. The quantitative estimate of drug-likeness (QED) is 0.828. The normalized spacial score (nSPS) is 18.5. The number of likely N-dealkylation sites (tertiary alicyclic amines) is 1. The van der Waals surface area contributed by atoms with E-state index in [-0.39, 0.29) is 5.91 Å². The molecule has 2 rings (SSSR count). The second-order valence-electron chi connectivity index (χ2n) is 5.57. The Morgan fingerprint density at radius 3 is 2.35 bits per heavy atom. The molecule has 1 amide bonds. The van der Waals surface area contributed by atoms with Gasteiger partial charge in [0.05, 0.1) is 10.5 Å². The summed E-state index contributed by atoms with van der Waals surface area (Å²) in [5, 5.41) is 3.06. The van der Waals surface area contributed by atoms with E-state index in [4.69, 9.17) is 18.0 Å². The first-order valence-electron chi connectivity index (χ1n) is 6.81. The minimum Gasteiger partial charge on any atom is -0.391 e. The number of hydrogen-bond acceptors (Lipinski definition) is 3. The van der Waals surface area contributed by atoms with Crippen molar-refractivity contribution in [3.63, 3.8) is 0 Å². The van der Waals surface area contributed by atoms with Crippen LogP contribution in [-0.4, -0.2) is 41.5 Å². The lowest BCUT2D eigenvalue weighted by atomic mass is 9.87. The number of aryl methyl sites for hydroxylation is 1. The van der Waals surface area contributed by atoms with Gasteiger partial charge in [0, 0.05) is 18.7 Å². The zero-order valence-corrected chi connectivity index (χ0v) is 12.8. The van der Waals surface area contributed by atoms with Gasteiger partial charge in [0.25, 0.3) is 5.91 Å². The van der Waals surface area contributed by atoms with E-state index in [1.807, 2.05) is 31.2 Å². The minimum atomic E-state index is -0.552. The highest BCUT2D eigenvalue weighted by Gasteiger charge is 2.38. The van der Waals surface area contributed by atoms with Crippen LogP contribution in [0.1, 0.15) is 28.8 Å². The van der Waals surface area contributed by atoms with E-state index in [0.29, 0.717) is 10.6 Å². The van der Waals surface area contributed by atoms with Crippen molar-refractivity contribution >= 4 is 23.1 Å². The Balaban J connectivity index is 2.14. The van der Waals surface area contributed by atoms with Crippen molar-refractivity contribution in [3.8, 4) is 0 Å². The molecule has 0 spiro atoms. The Morgan fingerprint density at radius 1 is 1.30 bits per heavy atom. The highest BCUT2D eigenvalue weighted by molar-refractivity contribution is 7.80. The maximum Gasteiger partial charge on any atom is 0.252 e. The summed E-state index contributed by atoms with van der Waals surface area (Å²) >= 11 is 5.20. The van der Waals surface area contributed by atoms with Crippen molar-refractivity contribution in [2.45, 2.75) is 25.3 Å². The topological polar surface area (TPSA) is 58.4 Å². The molecule has 1 aromatic carbocycles. The van der Waals surface area contributed by atoms with E-state index < -0.39 is 5.54 Å². The van der Waals surface area contributed by atoms with Crippen LogP contribution in [0.4, 0.5) is 0 Å². The van der Waals surface area contributed by atoms with Gasteiger partial charge in [-0.3, -0.25) is 4.79 Å². The summed E-state index contributed by atoms with van der Waals surface area (Å²) in [6.45, 7) is 3.76. The van der Waals surface area contributed by atoms with Crippen LogP contribution in [0.3, 0.4) is 0 Å². The summed E-state index contributed by atoms with van der Waals surface area (Å²) in [4.78, 5) is 15.0. The molecule has 1 fully saturated rings. The summed E-state index contributed by atoms with van der Waals surface area (Å²) in [6.07, 6.45) is 1.52. The van der Waals surface area contributed by atoms with Crippen LogP contribution < -0.4 is 11.1 Å². The van der Waals surface area contributed by atoms with Crippen LogP contribution in [-0.2, 0) is 0 Å². The van der Waals surface area contributed by atoms with Crippen molar-refractivity contribution in [1.82, 2.24) is 10.2 Å². The van der Waals surface area contributed by atoms with Crippen molar-refractivity contribution < 1.29 is 4.79 Å². The van der Waals surface area contributed by atoms with E-state index in [0.717, 1.165) is 31.5 Å². The van der Waals surface area contributed by atoms with Gasteiger partial charge in [0.1, 0.15) is 0 Å². The van der Waals surface area contributed by atoms with E-state index in [1.165, 1.54) is 0 Å². The molecule has 20 heavy (non-hydrogen) atoms. The summed E-state index contributed by atoms with van der Waals surface area (Å²) in [6, 6.07) is 7.51. The van der Waals surface area contributed by atoms with Crippen LogP contribution in [0.25, 0.3) is 0 Å². The van der Waals surface area contributed by atoms with Crippen molar-refractivity contribution in [2.24, 2.45) is 5.73 Å². The van der Waals surface area contributed by atoms with E-state index in [2.05, 4.69) is 17.3 Å². The van der Waals surface area contributed by atoms with Crippen molar-refractivity contribution in [2.75, 3.05) is 20.1 Å². The fraction of sp³-hybridized carbons (Fsp3) is 0.467. The van der Waals surface area contributed by atoms with Crippen molar-refractivity contribution in [3.05, 3.63) is 35.4 Å². The van der Waals surface area contributed by atoms with E-state index >= 15 is 0 Å². The highest BCUT2D eigenvalue weighted by Crippen LogP contribution is 2.23. The zero-order chi connectivity index (χ0) is 14.8. The van der Waals surface area contributed by atoms with E-state index in [9.17, 15) is 4.79 Å². The summed E-state index contributed by atoms with van der Waals surface area (Å²) in [5.41, 5.74) is 7.12. The molecule has 108 valence electrons. The van der Waals surface area contributed by atoms with Gasteiger partial charge < -0.3 is 16.0 Å². The molecule has 1 aromatic rings. The zero-order valence-electron chi connectivity index (χ0n) is 12.0. The first-order chi connectivity index (χ1) is 9.43. The lowest BCUT2D eigenvalue weighted by Crippen LogP contribution is -2.61. The standard InChI is InChI=1S/C15H21N3OS/c1-11-3-5-12(6-4-11)13(19)17-15(14(16)20)7-9-18(2)10-8-15/h3-6H,7-10H2,1-2H3,(H2,16,20)(H,17,19). The Morgan fingerprint density at radius 2 is 1.85 bits per heavy atom. The van der Waals surface area contributed by atoms with Gasteiger partial charge in [-0.25, -0.2) is 0 Å². The van der Waals surface area contributed by atoms with Gasteiger partial charge in [-0.05, 0) is 38.9 Å². The number of carbonyl (C=O) groups excluding carboxylic acids is 1. The number of nitrogens with one attached hydrogen (secondary N) is 1. The van der Waals surface area contributed by atoms with Crippen LogP contribution in [0.2, 0.25) is 0 Å². The smallest absolute Gasteiger partial charge is 0.252 e. The number of hydrogen-bond donors (Lipinski definition) is 2. The number of benzene rings is 1. The van der Waals surface area contributed by atoms with Crippen LogP contribution in [0.15, 0.2) is 24.3 Å². The molecule has 0 unspecified atom stereocenters. The van der Waals surface area contributed by atoms with Gasteiger partial charge in [-0.1, -0.05) is 29.9 Å². The molecule has 0 aliphatic carbocycles. The molecule has 1 aliphatic heterocycles. The van der Waals surface area contributed by atoms with Crippen LogP contribution >= 0.6 is 12.2 Å². The predicted octanol–water partition coefficient (Wildman–Crippen LogP) is 1.48.